The van der Waals surface area contributed by atoms with E-state index in [1.54, 1.807) is 30.5 Å². The fraction of sp³-hybridized carbons (Fsp3) is 0.400. The number of hydrogen-bond donors (Lipinski definition) is 1. The van der Waals surface area contributed by atoms with Gasteiger partial charge in [-0.3, -0.25) is 4.79 Å². The summed E-state index contributed by atoms with van der Waals surface area (Å²) in [5.41, 5.74) is 3.83. The van der Waals surface area contributed by atoms with Crippen molar-refractivity contribution in [3.63, 3.8) is 0 Å². The first-order chi connectivity index (χ1) is 18.4. The first-order valence-corrected chi connectivity index (χ1v) is 13.9. The van der Waals surface area contributed by atoms with Crippen LogP contribution >= 0.6 is 11.3 Å². The molecule has 1 aromatic heterocycles. The van der Waals surface area contributed by atoms with Crippen molar-refractivity contribution in [2.45, 2.75) is 46.6 Å². The lowest BCUT2D eigenvalue weighted by atomic mass is 10.1. The lowest BCUT2D eigenvalue weighted by molar-refractivity contribution is -0.132. The highest BCUT2D eigenvalue weighted by Crippen LogP contribution is 2.28. The standard InChI is InChI=1S/C30H39N3O4S/c1-6-7-16-33(30(35)31-29-22(2)10-8-11-23(29)3)21-28(34)32(20-25-12-9-18-38-25)17-15-24-13-14-26(36-4)27(19-24)37-5/h8-14,18-19H,6-7,15-17,20-21H2,1-5H3,(H,31,35). The lowest BCUT2D eigenvalue weighted by Gasteiger charge is -2.28. The van der Waals surface area contributed by atoms with E-state index in [0.29, 0.717) is 37.6 Å². The summed E-state index contributed by atoms with van der Waals surface area (Å²) in [6.45, 7) is 7.59. The molecule has 3 aromatic rings. The molecule has 0 unspecified atom stereocenters. The summed E-state index contributed by atoms with van der Waals surface area (Å²) in [5.74, 6) is 1.26. The van der Waals surface area contributed by atoms with Crippen LogP contribution in [0, 0.1) is 13.8 Å². The molecule has 7 nitrogen and oxygen atoms in total. The minimum absolute atomic E-state index is 0.0219. The molecular weight excluding hydrogens is 498 g/mol. The Morgan fingerprint density at radius 2 is 1.66 bits per heavy atom. The van der Waals surface area contributed by atoms with Crippen molar-refractivity contribution in [3.8, 4) is 11.5 Å². The number of hydrogen-bond acceptors (Lipinski definition) is 5. The van der Waals surface area contributed by atoms with Gasteiger partial charge in [-0.25, -0.2) is 4.79 Å². The number of methoxy groups -OCH3 is 2. The molecule has 8 heteroatoms. The number of carbonyl (C=O) groups excluding carboxylic acids is 2. The van der Waals surface area contributed by atoms with Gasteiger partial charge in [0.2, 0.25) is 5.91 Å². The van der Waals surface area contributed by atoms with Crippen molar-refractivity contribution in [2.24, 2.45) is 0 Å². The van der Waals surface area contributed by atoms with Crippen LogP contribution in [0.25, 0.3) is 0 Å². The average molecular weight is 538 g/mol. The molecule has 0 aliphatic rings. The molecule has 0 spiro atoms. The maximum absolute atomic E-state index is 13.6. The van der Waals surface area contributed by atoms with E-state index in [4.69, 9.17) is 9.47 Å². The smallest absolute Gasteiger partial charge is 0.322 e. The number of unbranched alkanes of at least 4 members (excludes halogenated alkanes) is 1. The fourth-order valence-electron chi connectivity index (χ4n) is 4.25. The van der Waals surface area contributed by atoms with Crippen LogP contribution in [-0.2, 0) is 17.8 Å². The number of urea groups is 1. The zero-order chi connectivity index (χ0) is 27.5. The molecule has 0 radical (unpaired) electrons. The Hall–Kier alpha value is -3.52. The van der Waals surface area contributed by atoms with E-state index in [2.05, 4.69) is 12.2 Å². The van der Waals surface area contributed by atoms with Gasteiger partial charge < -0.3 is 24.6 Å². The minimum atomic E-state index is -0.250. The quantitative estimate of drug-likeness (QED) is 0.278. The Morgan fingerprint density at radius 3 is 2.29 bits per heavy atom. The average Bonchev–Trinajstić information content (AvgIpc) is 3.43. The number of benzene rings is 2. The number of para-hydroxylation sites is 1. The number of carbonyl (C=O) groups is 2. The van der Waals surface area contributed by atoms with Gasteiger partial charge in [-0.1, -0.05) is 43.7 Å². The van der Waals surface area contributed by atoms with Crippen LogP contribution in [0.5, 0.6) is 11.5 Å². The lowest BCUT2D eigenvalue weighted by Crippen LogP contribution is -2.45. The van der Waals surface area contributed by atoms with Crippen LogP contribution in [0.15, 0.2) is 53.9 Å². The molecule has 1 heterocycles. The summed E-state index contributed by atoms with van der Waals surface area (Å²) < 4.78 is 10.8. The number of aryl methyl sites for hydroxylation is 2. The summed E-state index contributed by atoms with van der Waals surface area (Å²) >= 11 is 1.62. The number of thiophene rings is 1. The molecule has 0 fully saturated rings. The van der Waals surface area contributed by atoms with E-state index in [1.807, 2.05) is 72.7 Å². The number of anilines is 1. The van der Waals surface area contributed by atoms with Crippen LogP contribution in [0.2, 0.25) is 0 Å². The third-order valence-corrected chi connectivity index (χ3v) is 7.37. The highest BCUT2D eigenvalue weighted by molar-refractivity contribution is 7.09. The molecule has 0 bridgehead atoms. The summed E-state index contributed by atoms with van der Waals surface area (Å²) in [4.78, 5) is 31.5. The van der Waals surface area contributed by atoms with E-state index >= 15 is 0 Å². The Kier molecular flexibility index (Phi) is 11.0. The number of nitrogens with zero attached hydrogens (tertiary/aromatic N) is 2. The first kappa shape index (κ1) is 29.0. The molecule has 0 aliphatic carbocycles. The van der Waals surface area contributed by atoms with E-state index in [0.717, 1.165) is 40.1 Å². The normalized spacial score (nSPS) is 10.7. The van der Waals surface area contributed by atoms with E-state index < -0.39 is 0 Å². The third-order valence-electron chi connectivity index (χ3n) is 6.51. The van der Waals surface area contributed by atoms with Crippen LogP contribution < -0.4 is 14.8 Å². The van der Waals surface area contributed by atoms with Crippen molar-refractivity contribution in [1.82, 2.24) is 9.80 Å². The summed E-state index contributed by atoms with van der Waals surface area (Å²) in [5, 5.41) is 5.06. The Balaban J connectivity index is 1.76. The van der Waals surface area contributed by atoms with E-state index in [-0.39, 0.29) is 18.5 Å². The number of nitrogens with one attached hydrogen (secondary N) is 1. The maximum Gasteiger partial charge on any atom is 0.322 e. The molecule has 3 amide bonds. The highest BCUT2D eigenvalue weighted by Gasteiger charge is 2.22. The molecule has 204 valence electrons. The van der Waals surface area contributed by atoms with Crippen LogP contribution in [-0.4, -0.2) is 55.6 Å². The highest BCUT2D eigenvalue weighted by atomic mass is 32.1. The number of amides is 3. The van der Waals surface area contributed by atoms with Crippen molar-refractivity contribution in [3.05, 3.63) is 75.5 Å². The van der Waals surface area contributed by atoms with Gasteiger partial charge in [0.05, 0.1) is 20.8 Å². The van der Waals surface area contributed by atoms with Crippen molar-refractivity contribution in [2.75, 3.05) is 39.2 Å². The Bertz CT molecular complexity index is 1180. The van der Waals surface area contributed by atoms with Gasteiger partial charge in [-0.2, -0.15) is 0 Å². The predicted octanol–water partition coefficient (Wildman–Crippen LogP) is 6.29. The molecule has 0 saturated heterocycles. The summed E-state index contributed by atoms with van der Waals surface area (Å²) in [7, 11) is 3.22. The second kappa shape index (κ2) is 14.4. The van der Waals surface area contributed by atoms with Crippen molar-refractivity contribution < 1.29 is 19.1 Å². The zero-order valence-electron chi connectivity index (χ0n) is 23.1. The predicted molar refractivity (Wildman–Crippen MR) is 154 cm³/mol. The van der Waals surface area contributed by atoms with Crippen LogP contribution in [0.1, 0.15) is 41.3 Å². The minimum Gasteiger partial charge on any atom is -0.493 e. The Morgan fingerprint density at radius 1 is 0.921 bits per heavy atom. The molecule has 0 aliphatic heterocycles. The SMILES string of the molecule is CCCCN(CC(=O)N(CCc1ccc(OC)c(OC)c1)Cc1cccs1)C(=O)Nc1c(C)cccc1C. The van der Waals surface area contributed by atoms with Crippen molar-refractivity contribution in [1.29, 1.82) is 0 Å². The largest absolute Gasteiger partial charge is 0.493 e. The van der Waals surface area contributed by atoms with Gasteiger partial charge in [0.25, 0.3) is 0 Å². The maximum atomic E-state index is 13.6. The second-order valence-corrected chi connectivity index (χ2v) is 10.3. The molecule has 38 heavy (non-hydrogen) atoms. The van der Waals surface area contributed by atoms with Gasteiger partial charge in [-0.05, 0) is 67.0 Å². The topological polar surface area (TPSA) is 71.1 Å². The molecule has 2 aromatic carbocycles. The Labute approximate surface area is 230 Å². The van der Waals surface area contributed by atoms with Gasteiger partial charge in [0.15, 0.2) is 11.5 Å². The van der Waals surface area contributed by atoms with E-state index in [1.165, 1.54) is 0 Å². The first-order valence-electron chi connectivity index (χ1n) is 13.0. The number of rotatable bonds is 13. The van der Waals surface area contributed by atoms with Gasteiger partial charge in [0, 0.05) is 23.7 Å². The summed E-state index contributed by atoms with van der Waals surface area (Å²) in [6.07, 6.45) is 2.41. The molecule has 1 N–H and O–H groups in total. The van der Waals surface area contributed by atoms with Gasteiger partial charge in [-0.15, -0.1) is 11.3 Å². The van der Waals surface area contributed by atoms with Crippen molar-refractivity contribution >= 4 is 29.0 Å². The van der Waals surface area contributed by atoms with Gasteiger partial charge in [0.1, 0.15) is 6.54 Å². The zero-order valence-corrected chi connectivity index (χ0v) is 23.9. The number of ether oxygens (including phenoxy) is 2. The van der Waals surface area contributed by atoms with E-state index in [9.17, 15) is 9.59 Å². The van der Waals surface area contributed by atoms with Crippen LogP contribution in [0.4, 0.5) is 10.5 Å². The molecular formula is C30H39N3O4S. The van der Waals surface area contributed by atoms with Gasteiger partial charge >= 0.3 is 6.03 Å². The summed E-state index contributed by atoms with van der Waals surface area (Å²) in [6, 6.07) is 15.5. The molecule has 0 saturated carbocycles. The second-order valence-electron chi connectivity index (χ2n) is 9.31. The molecule has 0 atom stereocenters. The third kappa shape index (κ3) is 7.99. The molecule has 3 rings (SSSR count). The fourth-order valence-corrected chi connectivity index (χ4v) is 4.96. The van der Waals surface area contributed by atoms with Crippen LogP contribution in [0.3, 0.4) is 0 Å². The monoisotopic (exact) mass is 537 g/mol.